The maximum absolute atomic E-state index is 12.6. The van der Waals surface area contributed by atoms with E-state index in [-0.39, 0.29) is 11.8 Å². The minimum atomic E-state index is -0.00463. The zero-order valence-corrected chi connectivity index (χ0v) is 12.5. The fourth-order valence-corrected chi connectivity index (χ4v) is 2.68. The molecule has 0 bridgehead atoms. The van der Waals surface area contributed by atoms with Crippen molar-refractivity contribution >= 4 is 23.1 Å². The molecule has 1 heterocycles. The molecule has 1 amide bonds. The Morgan fingerprint density at radius 1 is 1.50 bits per heavy atom. The highest BCUT2D eigenvalue weighted by molar-refractivity contribution is 7.80. The van der Waals surface area contributed by atoms with Gasteiger partial charge in [-0.3, -0.25) is 4.79 Å². The summed E-state index contributed by atoms with van der Waals surface area (Å²) in [6.07, 6.45) is 1.90. The molecule has 1 atom stereocenters. The van der Waals surface area contributed by atoms with Gasteiger partial charge in [0.05, 0.1) is 17.2 Å². The first-order valence-electron chi connectivity index (χ1n) is 6.94. The highest BCUT2D eigenvalue weighted by atomic mass is 32.1. The van der Waals surface area contributed by atoms with Gasteiger partial charge in [-0.05, 0) is 31.9 Å². The molecule has 5 heteroatoms. The third-order valence-electron chi connectivity index (χ3n) is 3.53. The number of hydrogen-bond acceptors (Lipinski definition) is 3. The Hall–Kier alpha value is -1.62. The van der Waals surface area contributed by atoms with Crippen LogP contribution in [0.4, 0.5) is 0 Å². The molecule has 0 aromatic heterocycles. The Bertz CT molecular complexity index is 504. The molecular weight excluding hydrogens is 272 g/mol. The predicted octanol–water partition coefficient (Wildman–Crippen LogP) is 2.22. The second-order valence-corrected chi connectivity index (χ2v) is 5.39. The Morgan fingerprint density at radius 3 is 2.95 bits per heavy atom. The summed E-state index contributed by atoms with van der Waals surface area (Å²) >= 11 is 5.05. The summed E-state index contributed by atoms with van der Waals surface area (Å²) in [5, 5.41) is 0. The van der Waals surface area contributed by atoms with Crippen molar-refractivity contribution in [1.82, 2.24) is 4.90 Å². The molecule has 1 aliphatic heterocycles. The Labute approximate surface area is 124 Å². The second-order valence-electron chi connectivity index (χ2n) is 4.92. The lowest BCUT2D eigenvalue weighted by Crippen LogP contribution is -2.43. The van der Waals surface area contributed by atoms with Crippen LogP contribution in [0.2, 0.25) is 0 Å². The van der Waals surface area contributed by atoms with Crippen LogP contribution in [0.25, 0.3) is 0 Å². The molecule has 1 aliphatic rings. The molecule has 1 unspecified atom stereocenters. The van der Waals surface area contributed by atoms with Gasteiger partial charge in [0.1, 0.15) is 5.75 Å². The summed E-state index contributed by atoms with van der Waals surface area (Å²) in [6, 6.07) is 7.35. The van der Waals surface area contributed by atoms with E-state index in [9.17, 15) is 4.79 Å². The van der Waals surface area contributed by atoms with E-state index in [1.54, 1.807) is 6.07 Å². The van der Waals surface area contributed by atoms with Gasteiger partial charge in [0.2, 0.25) is 0 Å². The summed E-state index contributed by atoms with van der Waals surface area (Å²) < 4.78 is 5.53. The van der Waals surface area contributed by atoms with Crippen molar-refractivity contribution in [3.05, 3.63) is 29.8 Å². The number of nitrogens with zero attached hydrogens (tertiary/aromatic N) is 1. The van der Waals surface area contributed by atoms with Crippen LogP contribution in [-0.4, -0.2) is 35.5 Å². The van der Waals surface area contributed by atoms with Crippen molar-refractivity contribution in [2.24, 2.45) is 11.7 Å². The highest BCUT2D eigenvalue weighted by Gasteiger charge is 2.27. The average molecular weight is 292 g/mol. The summed E-state index contributed by atoms with van der Waals surface area (Å²) in [5.74, 6) is 0.759. The minimum absolute atomic E-state index is 0.00463. The monoisotopic (exact) mass is 292 g/mol. The first-order chi connectivity index (χ1) is 9.63. The van der Waals surface area contributed by atoms with E-state index in [0.717, 1.165) is 19.4 Å². The third-order valence-corrected chi connectivity index (χ3v) is 3.86. The Balaban J connectivity index is 2.16. The summed E-state index contributed by atoms with van der Waals surface area (Å²) in [5.41, 5.74) is 6.32. The SMILES string of the molecule is CCOc1ccccc1C(=O)N1CCCC(C(N)=S)C1. The van der Waals surface area contributed by atoms with E-state index in [1.807, 2.05) is 30.0 Å². The van der Waals surface area contributed by atoms with Gasteiger partial charge in [0.25, 0.3) is 5.91 Å². The molecule has 1 saturated heterocycles. The zero-order chi connectivity index (χ0) is 14.5. The fourth-order valence-electron chi connectivity index (χ4n) is 2.49. The number of carbonyl (C=O) groups excluding carboxylic acids is 1. The van der Waals surface area contributed by atoms with E-state index < -0.39 is 0 Å². The second kappa shape index (κ2) is 6.70. The smallest absolute Gasteiger partial charge is 0.257 e. The Kier molecular flexibility index (Phi) is 4.95. The maximum Gasteiger partial charge on any atom is 0.257 e. The van der Waals surface area contributed by atoms with Gasteiger partial charge in [-0.2, -0.15) is 0 Å². The quantitative estimate of drug-likeness (QED) is 0.865. The maximum atomic E-state index is 12.6. The van der Waals surface area contributed by atoms with E-state index in [1.165, 1.54) is 0 Å². The number of thiocarbonyl (C=S) groups is 1. The summed E-state index contributed by atoms with van der Waals surface area (Å²) in [6.45, 7) is 3.80. The molecule has 0 aliphatic carbocycles. The van der Waals surface area contributed by atoms with Crippen molar-refractivity contribution in [2.45, 2.75) is 19.8 Å². The molecule has 0 spiro atoms. The van der Waals surface area contributed by atoms with Crippen molar-refractivity contribution in [3.8, 4) is 5.75 Å². The van der Waals surface area contributed by atoms with E-state index in [2.05, 4.69) is 0 Å². The molecule has 108 valence electrons. The van der Waals surface area contributed by atoms with Crippen molar-refractivity contribution in [3.63, 3.8) is 0 Å². The van der Waals surface area contributed by atoms with E-state index >= 15 is 0 Å². The number of ether oxygens (including phenoxy) is 1. The van der Waals surface area contributed by atoms with Crippen LogP contribution < -0.4 is 10.5 Å². The third kappa shape index (κ3) is 3.28. The normalized spacial score (nSPS) is 18.6. The van der Waals surface area contributed by atoms with Gasteiger partial charge in [0, 0.05) is 19.0 Å². The molecule has 20 heavy (non-hydrogen) atoms. The number of amides is 1. The fraction of sp³-hybridized carbons (Fsp3) is 0.467. The molecule has 1 fully saturated rings. The summed E-state index contributed by atoms with van der Waals surface area (Å²) in [7, 11) is 0. The van der Waals surface area contributed by atoms with Crippen molar-refractivity contribution in [2.75, 3.05) is 19.7 Å². The van der Waals surface area contributed by atoms with Gasteiger partial charge in [0.15, 0.2) is 0 Å². The molecule has 1 aromatic rings. The van der Waals surface area contributed by atoms with Gasteiger partial charge in [-0.1, -0.05) is 24.4 Å². The molecule has 0 saturated carbocycles. The topological polar surface area (TPSA) is 55.6 Å². The number of benzene rings is 1. The van der Waals surface area contributed by atoms with Crippen molar-refractivity contribution < 1.29 is 9.53 Å². The molecule has 1 aromatic carbocycles. The largest absolute Gasteiger partial charge is 0.493 e. The number of hydrogen-bond donors (Lipinski definition) is 1. The van der Waals surface area contributed by atoms with Crippen LogP contribution in [0, 0.1) is 5.92 Å². The molecule has 2 N–H and O–H groups in total. The lowest BCUT2D eigenvalue weighted by molar-refractivity contribution is 0.0699. The Morgan fingerprint density at radius 2 is 2.25 bits per heavy atom. The standard InChI is InChI=1S/C15H20N2O2S/c1-2-19-13-8-4-3-7-12(13)15(18)17-9-5-6-11(10-17)14(16)20/h3-4,7-8,11H,2,5-6,9-10H2,1H3,(H2,16,20). The van der Waals surface area contributed by atoms with Crippen LogP contribution >= 0.6 is 12.2 Å². The van der Waals surface area contributed by atoms with Crippen molar-refractivity contribution in [1.29, 1.82) is 0 Å². The molecule has 0 radical (unpaired) electrons. The van der Waals surface area contributed by atoms with Crippen LogP contribution in [0.5, 0.6) is 5.75 Å². The van der Waals surface area contributed by atoms with Crippen LogP contribution in [0.1, 0.15) is 30.1 Å². The summed E-state index contributed by atoms with van der Waals surface area (Å²) in [4.78, 5) is 15.0. The first kappa shape index (κ1) is 14.8. The van der Waals surface area contributed by atoms with Crippen LogP contribution in [0.3, 0.4) is 0 Å². The van der Waals surface area contributed by atoms with Gasteiger partial charge in [-0.15, -0.1) is 0 Å². The number of piperidine rings is 1. The van der Waals surface area contributed by atoms with Crippen LogP contribution in [-0.2, 0) is 0 Å². The zero-order valence-electron chi connectivity index (χ0n) is 11.7. The van der Waals surface area contributed by atoms with Gasteiger partial charge >= 0.3 is 0 Å². The number of likely N-dealkylation sites (tertiary alicyclic amines) is 1. The highest BCUT2D eigenvalue weighted by Crippen LogP contribution is 2.23. The molecular formula is C15H20N2O2S. The van der Waals surface area contributed by atoms with E-state index in [4.69, 9.17) is 22.7 Å². The minimum Gasteiger partial charge on any atom is -0.493 e. The number of carbonyl (C=O) groups is 1. The number of nitrogens with two attached hydrogens (primary N) is 1. The van der Waals surface area contributed by atoms with E-state index in [0.29, 0.717) is 29.5 Å². The lowest BCUT2D eigenvalue weighted by atomic mass is 9.97. The average Bonchev–Trinajstić information content (AvgIpc) is 2.47. The predicted molar refractivity (Wildman–Crippen MR) is 83.0 cm³/mol. The van der Waals surface area contributed by atoms with Gasteiger partial charge < -0.3 is 15.4 Å². The lowest BCUT2D eigenvalue weighted by Gasteiger charge is -2.32. The van der Waals surface area contributed by atoms with Crippen LogP contribution in [0.15, 0.2) is 24.3 Å². The van der Waals surface area contributed by atoms with Gasteiger partial charge in [-0.25, -0.2) is 0 Å². The number of para-hydroxylation sites is 1. The number of rotatable bonds is 4. The molecule has 4 nitrogen and oxygen atoms in total. The molecule has 2 rings (SSSR count). The first-order valence-corrected chi connectivity index (χ1v) is 7.34.